The van der Waals surface area contributed by atoms with Gasteiger partial charge in [0.15, 0.2) is 0 Å². The zero-order valence-corrected chi connectivity index (χ0v) is 14.6. The molecule has 2 rings (SSSR count). The molecule has 24 heavy (non-hydrogen) atoms. The molecule has 1 fully saturated rings. The molecule has 0 unspecified atom stereocenters. The van der Waals surface area contributed by atoms with Crippen LogP contribution < -0.4 is 11.1 Å². The van der Waals surface area contributed by atoms with Gasteiger partial charge in [0, 0.05) is 18.8 Å². The maximum Gasteiger partial charge on any atom is 0.235 e. The van der Waals surface area contributed by atoms with Gasteiger partial charge in [-0.25, -0.2) is 0 Å². The van der Waals surface area contributed by atoms with E-state index < -0.39 is 0 Å². The van der Waals surface area contributed by atoms with Gasteiger partial charge in [0.2, 0.25) is 17.7 Å². The fraction of sp³-hybridized carbons (Fsp3) is 0.471. The minimum atomic E-state index is -0.352. The summed E-state index contributed by atoms with van der Waals surface area (Å²) in [5.41, 5.74) is 6.08. The van der Waals surface area contributed by atoms with E-state index in [2.05, 4.69) is 5.32 Å². The van der Waals surface area contributed by atoms with Crippen molar-refractivity contribution in [3.8, 4) is 0 Å². The Balaban J connectivity index is 1.79. The molecule has 1 heterocycles. The van der Waals surface area contributed by atoms with Gasteiger partial charge in [-0.1, -0.05) is 18.2 Å². The number of hydrogen-bond donors (Lipinski definition) is 2. The van der Waals surface area contributed by atoms with Crippen molar-refractivity contribution < 1.29 is 14.4 Å². The number of amides is 3. The van der Waals surface area contributed by atoms with Crippen LogP contribution in [0.1, 0.15) is 19.8 Å². The number of carbonyl (C=O) groups excluding carboxylic acids is 3. The normalized spacial score (nSPS) is 18.7. The van der Waals surface area contributed by atoms with E-state index in [-0.39, 0.29) is 34.6 Å². The maximum atomic E-state index is 12.5. The highest BCUT2D eigenvalue weighted by molar-refractivity contribution is 8.01. The number of nitrogens with one attached hydrogen (secondary N) is 1. The first-order chi connectivity index (χ1) is 11.5. The van der Waals surface area contributed by atoms with Crippen LogP contribution in [0.3, 0.4) is 0 Å². The van der Waals surface area contributed by atoms with E-state index in [1.165, 1.54) is 11.8 Å². The third kappa shape index (κ3) is 5.26. The molecule has 6 nitrogen and oxygen atoms in total. The summed E-state index contributed by atoms with van der Waals surface area (Å²) in [4.78, 5) is 37.4. The Hall–Kier alpha value is -2.02. The monoisotopic (exact) mass is 349 g/mol. The summed E-state index contributed by atoms with van der Waals surface area (Å²) < 4.78 is 0. The maximum absolute atomic E-state index is 12.5. The number of thioether (sulfide) groups is 1. The molecule has 1 aliphatic heterocycles. The number of nitrogens with zero attached hydrogens (tertiary/aromatic N) is 1. The van der Waals surface area contributed by atoms with Crippen LogP contribution in [-0.2, 0) is 14.4 Å². The first-order valence-corrected chi connectivity index (χ1v) is 9.07. The molecule has 1 saturated heterocycles. The third-order valence-corrected chi connectivity index (χ3v) is 5.14. The summed E-state index contributed by atoms with van der Waals surface area (Å²) in [5, 5.41) is 2.46. The van der Waals surface area contributed by atoms with Gasteiger partial charge in [0.05, 0.1) is 16.9 Å². The van der Waals surface area contributed by atoms with Crippen molar-refractivity contribution in [2.75, 3.05) is 24.2 Å². The van der Waals surface area contributed by atoms with Crippen molar-refractivity contribution in [1.29, 1.82) is 0 Å². The van der Waals surface area contributed by atoms with E-state index in [9.17, 15) is 14.4 Å². The molecule has 1 aromatic carbocycles. The van der Waals surface area contributed by atoms with Crippen molar-refractivity contribution in [2.45, 2.75) is 25.0 Å². The summed E-state index contributed by atoms with van der Waals surface area (Å²) in [6, 6.07) is 9.20. The van der Waals surface area contributed by atoms with Crippen LogP contribution in [0.4, 0.5) is 5.69 Å². The molecule has 0 aromatic heterocycles. The van der Waals surface area contributed by atoms with Crippen molar-refractivity contribution in [2.24, 2.45) is 11.7 Å². The number of likely N-dealkylation sites (tertiary alicyclic amines) is 1. The van der Waals surface area contributed by atoms with Crippen molar-refractivity contribution >= 4 is 35.2 Å². The summed E-state index contributed by atoms with van der Waals surface area (Å²) in [7, 11) is 0. The fourth-order valence-electron chi connectivity index (χ4n) is 2.66. The fourth-order valence-corrected chi connectivity index (χ4v) is 3.42. The van der Waals surface area contributed by atoms with Crippen LogP contribution in [0.15, 0.2) is 30.3 Å². The lowest BCUT2D eigenvalue weighted by Gasteiger charge is -2.32. The second-order valence-corrected chi connectivity index (χ2v) is 7.22. The molecule has 2 atom stereocenters. The molecule has 0 saturated carbocycles. The quantitative estimate of drug-likeness (QED) is 0.813. The molecule has 0 bridgehead atoms. The van der Waals surface area contributed by atoms with E-state index >= 15 is 0 Å². The highest BCUT2D eigenvalue weighted by Crippen LogP contribution is 2.20. The van der Waals surface area contributed by atoms with Gasteiger partial charge in [-0.15, -0.1) is 11.8 Å². The van der Waals surface area contributed by atoms with Gasteiger partial charge in [0.25, 0.3) is 0 Å². The summed E-state index contributed by atoms with van der Waals surface area (Å²) >= 11 is 1.30. The number of nitrogens with two attached hydrogens (primary N) is 1. The lowest BCUT2D eigenvalue weighted by molar-refractivity contribution is -0.134. The Morgan fingerprint density at radius 3 is 2.71 bits per heavy atom. The molecular formula is C17H23N3O3S. The van der Waals surface area contributed by atoms with Gasteiger partial charge >= 0.3 is 0 Å². The number of hydrogen-bond acceptors (Lipinski definition) is 4. The zero-order valence-electron chi connectivity index (χ0n) is 13.7. The van der Waals surface area contributed by atoms with Crippen LogP contribution in [0.2, 0.25) is 0 Å². The number of para-hydroxylation sites is 1. The average molecular weight is 349 g/mol. The molecule has 0 radical (unpaired) electrons. The van der Waals surface area contributed by atoms with E-state index in [4.69, 9.17) is 5.73 Å². The Kier molecular flexibility index (Phi) is 6.66. The molecule has 3 amide bonds. The van der Waals surface area contributed by atoms with Crippen molar-refractivity contribution in [3.05, 3.63) is 30.3 Å². The van der Waals surface area contributed by atoms with E-state index in [0.29, 0.717) is 13.1 Å². The van der Waals surface area contributed by atoms with Gasteiger partial charge in [-0.05, 0) is 31.9 Å². The number of primary amides is 1. The van der Waals surface area contributed by atoms with Crippen LogP contribution in [0.25, 0.3) is 0 Å². The Morgan fingerprint density at radius 2 is 2.04 bits per heavy atom. The SMILES string of the molecule is C[C@H](SCC(=O)Nc1ccccc1)C(=O)N1CCC[C@@H](C(N)=O)C1. The Labute approximate surface area is 146 Å². The van der Waals surface area contributed by atoms with Crippen LogP contribution in [0.5, 0.6) is 0 Å². The molecule has 1 aliphatic rings. The molecule has 1 aromatic rings. The minimum absolute atomic E-state index is 0.0431. The predicted octanol–water partition coefficient (Wildman–Crippen LogP) is 1.47. The number of carbonyl (C=O) groups is 3. The zero-order chi connectivity index (χ0) is 17.5. The largest absolute Gasteiger partial charge is 0.369 e. The summed E-state index contributed by atoms with van der Waals surface area (Å²) in [6.07, 6.45) is 1.52. The number of benzene rings is 1. The molecule has 0 spiro atoms. The molecular weight excluding hydrogens is 326 g/mol. The second-order valence-electron chi connectivity index (χ2n) is 5.89. The van der Waals surface area contributed by atoms with E-state index in [1.807, 2.05) is 30.3 Å². The molecule has 3 N–H and O–H groups in total. The van der Waals surface area contributed by atoms with Gasteiger partial charge in [-0.2, -0.15) is 0 Å². The van der Waals surface area contributed by atoms with Gasteiger partial charge < -0.3 is 16.0 Å². The van der Waals surface area contributed by atoms with Gasteiger partial charge in [0.1, 0.15) is 0 Å². The lowest BCUT2D eigenvalue weighted by Crippen LogP contribution is -2.46. The first kappa shape index (κ1) is 18.3. The summed E-state index contributed by atoms with van der Waals surface area (Å²) in [6.45, 7) is 2.82. The van der Waals surface area contributed by atoms with Crippen molar-refractivity contribution in [3.63, 3.8) is 0 Å². The average Bonchev–Trinajstić information content (AvgIpc) is 2.60. The number of anilines is 1. The van der Waals surface area contributed by atoms with E-state index in [0.717, 1.165) is 18.5 Å². The van der Waals surface area contributed by atoms with Crippen LogP contribution >= 0.6 is 11.8 Å². The van der Waals surface area contributed by atoms with Crippen molar-refractivity contribution in [1.82, 2.24) is 4.90 Å². The highest BCUT2D eigenvalue weighted by atomic mass is 32.2. The van der Waals surface area contributed by atoms with Crippen LogP contribution in [0, 0.1) is 5.92 Å². The topological polar surface area (TPSA) is 92.5 Å². The molecule has 130 valence electrons. The Bertz CT molecular complexity index is 594. The summed E-state index contributed by atoms with van der Waals surface area (Å²) in [5.74, 6) is -0.594. The first-order valence-electron chi connectivity index (χ1n) is 8.02. The van der Waals surface area contributed by atoms with E-state index in [1.54, 1.807) is 11.8 Å². The molecule has 0 aliphatic carbocycles. The highest BCUT2D eigenvalue weighted by Gasteiger charge is 2.29. The second kappa shape index (κ2) is 8.73. The minimum Gasteiger partial charge on any atom is -0.369 e. The van der Waals surface area contributed by atoms with Crippen LogP contribution in [-0.4, -0.2) is 46.7 Å². The third-order valence-electron chi connectivity index (χ3n) is 4.01. The predicted molar refractivity (Wildman–Crippen MR) is 95.5 cm³/mol. The smallest absolute Gasteiger partial charge is 0.235 e. The number of rotatable bonds is 6. The number of piperidine rings is 1. The van der Waals surface area contributed by atoms with Gasteiger partial charge in [-0.3, -0.25) is 14.4 Å². The Morgan fingerprint density at radius 1 is 1.33 bits per heavy atom. The molecule has 7 heteroatoms. The lowest BCUT2D eigenvalue weighted by atomic mass is 9.97. The standard InChI is InChI=1S/C17H23N3O3S/c1-12(17(23)20-9-5-6-13(10-20)16(18)22)24-11-15(21)19-14-7-3-2-4-8-14/h2-4,7-8,12-13H,5-6,9-11H2,1H3,(H2,18,22)(H,19,21)/t12-,13+/m0/s1.